The van der Waals surface area contributed by atoms with Gasteiger partial charge in [-0.2, -0.15) is 11.8 Å². The van der Waals surface area contributed by atoms with E-state index in [1.54, 1.807) is 42.5 Å². The van der Waals surface area contributed by atoms with Crippen molar-refractivity contribution in [1.29, 1.82) is 0 Å². The van der Waals surface area contributed by atoms with Gasteiger partial charge in [0.15, 0.2) is 0 Å². The van der Waals surface area contributed by atoms with Gasteiger partial charge in [-0.3, -0.25) is 19.7 Å². The molecule has 3 N–H and O–H groups in total. The van der Waals surface area contributed by atoms with Crippen molar-refractivity contribution in [2.75, 3.05) is 16.9 Å². The molecule has 162 valence electrons. The zero-order valence-corrected chi connectivity index (χ0v) is 19.0. The first-order valence-electron chi connectivity index (χ1n) is 9.73. The zero-order chi connectivity index (χ0) is 22.3. The van der Waals surface area contributed by atoms with Crippen LogP contribution in [0.25, 0.3) is 0 Å². The lowest BCUT2D eigenvalue weighted by molar-refractivity contribution is -0.148. The van der Waals surface area contributed by atoms with Gasteiger partial charge in [0, 0.05) is 16.1 Å². The molecule has 2 aliphatic heterocycles. The normalized spacial score (nSPS) is 27.5. The smallest absolute Gasteiger partial charge is 0.324 e. The molecule has 0 aromatic heterocycles. The molecular weight excluding hydrogens is 484 g/mol. The van der Waals surface area contributed by atoms with Crippen LogP contribution >= 0.6 is 27.7 Å². The number of amides is 2. The summed E-state index contributed by atoms with van der Waals surface area (Å²) in [4.78, 5) is 40.7. The maximum atomic E-state index is 13.5. The largest absolute Gasteiger partial charge is 0.508 e. The Balaban J connectivity index is 1.86. The van der Waals surface area contributed by atoms with Crippen molar-refractivity contribution in [3.63, 3.8) is 0 Å². The second kappa shape index (κ2) is 8.29. The highest BCUT2D eigenvalue weighted by atomic mass is 79.9. The molecule has 0 bridgehead atoms. The minimum absolute atomic E-state index is 0.0489. The summed E-state index contributed by atoms with van der Waals surface area (Å²) in [5.74, 6) is -3.76. The third-order valence-electron chi connectivity index (χ3n) is 6.09. The fourth-order valence-electron chi connectivity index (χ4n) is 4.66. The van der Waals surface area contributed by atoms with Crippen molar-refractivity contribution in [1.82, 2.24) is 5.32 Å². The Hall–Kier alpha value is -2.36. The fourth-order valence-corrected chi connectivity index (χ4v) is 5.45. The van der Waals surface area contributed by atoms with E-state index in [1.807, 2.05) is 6.26 Å². The summed E-state index contributed by atoms with van der Waals surface area (Å²) < 4.78 is 0.796. The Morgan fingerprint density at radius 3 is 2.45 bits per heavy atom. The average molecular weight is 505 g/mol. The number of aromatic hydroxyl groups is 1. The predicted octanol–water partition coefficient (Wildman–Crippen LogP) is 3.18. The van der Waals surface area contributed by atoms with Crippen LogP contribution in [0.3, 0.4) is 0 Å². The molecule has 2 saturated heterocycles. The number of nitrogens with zero attached hydrogens (tertiary/aromatic N) is 1. The molecule has 2 heterocycles. The van der Waals surface area contributed by atoms with Gasteiger partial charge in [-0.05, 0) is 48.8 Å². The van der Waals surface area contributed by atoms with E-state index in [1.165, 1.54) is 17.8 Å². The standard InChI is InChI=1S/C22H21BrN2O5S/c1-31-11-10-22(21(29)30)17-16(18(24-22)14-4-2-3-5-15(14)26)19(27)25(20(17)28)13-8-6-12(23)7-9-13/h2-9,16-18,24,26H,10-11H2,1H3,(H,29,30)/t16-,17-,18-,22+/m1/s1. The molecule has 9 heteroatoms. The monoisotopic (exact) mass is 504 g/mol. The van der Waals surface area contributed by atoms with Crippen LogP contribution in [0.4, 0.5) is 5.69 Å². The van der Waals surface area contributed by atoms with Crippen LogP contribution in [-0.2, 0) is 14.4 Å². The van der Waals surface area contributed by atoms with Gasteiger partial charge in [0.25, 0.3) is 0 Å². The number of anilines is 1. The molecule has 2 amide bonds. The maximum absolute atomic E-state index is 13.5. The van der Waals surface area contributed by atoms with E-state index >= 15 is 0 Å². The SMILES string of the molecule is CSCC[C@]1(C(=O)O)N[C@H](c2ccccc2O)[C@@H]2C(=O)N(c3ccc(Br)cc3)C(=O)[C@@H]21. The van der Waals surface area contributed by atoms with Crippen LogP contribution in [0.1, 0.15) is 18.0 Å². The minimum Gasteiger partial charge on any atom is -0.508 e. The number of hydrogen-bond acceptors (Lipinski definition) is 6. The highest BCUT2D eigenvalue weighted by Crippen LogP contribution is 2.52. The molecule has 2 aromatic carbocycles. The number of para-hydroxylation sites is 1. The number of aliphatic carboxylic acids is 1. The van der Waals surface area contributed by atoms with E-state index < -0.39 is 41.2 Å². The molecule has 0 unspecified atom stereocenters. The zero-order valence-electron chi connectivity index (χ0n) is 16.6. The van der Waals surface area contributed by atoms with Gasteiger partial charge in [-0.25, -0.2) is 4.90 Å². The van der Waals surface area contributed by atoms with E-state index in [0.29, 0.717) is 17.0 Å². The lowest BCUT2D eigenvalue weighted by atomic mass is 9.78. The number of fused-ring (bicyclic) bond motifs is 1. The number of hydrogen-bond donors (Lipinski definition) is 3. The first kappa shape index (κ1) is 21.9. The number of benzene rings is 2. The molecule has 7 nitrogen and oxygen atoms in total. The van der Waals surface area contributed by atoms with E-state index in [4.69, 9.17) is 0 Å². The Morgan fingerprint density at radius 1 is 1.16 bits per heavy atom. The summed E-state index contributed by atoms with van der Waals surface area (Å²) >= 11 is 4.81. The van der Waals surface area contributed by atoms with Gasteiger partial charge in [-0.15, -0.1) is 0 Å². The Kier molecular flexibility index (Phi) is 5.85. The maximum Gasteiger partial charge on any atom is 0.324 e. The fraction of sp³-hybridized carbons (Fsp3) is 0.318. The van der Waals surface area contributed by atoms with Crippen molar-refractivity contribution in [2.24, 2.45) is 11.8 Å². The van der Waals surface area contributed by atoms with Crippen LogP contribution in [0.15, 0.2) is 53.0 Å². The van der Waals surface area contributed by atoms with Crippen LogP contribution in [0, 0.1) is 11.8 Å². The molecule has 0 aliphatic carbocycles. The van der Waals surface area contributed by atoms with Crippen molar-refractivity contribution in [3.05, 3.63) is 58.6 Å². The molecule has 4 rings (SSSR count). The number of carbonyl (C=O) groups excluding carboxylic acids is 2. The van der Waals surface area contributed by atoms with Crippen molar-refractivity contribution in [3.8, 4) is 5.75 Å². The van der Waals surface area contributed by atoms with Gasteiger partial charge in [0.05, 0.1) is 17.5 Å². The Morgan fingerprint density at radius 2 is 1.84 bits per heavy atom. The van der Waals surface area contributed by atoms with Gasteiger partial charge in [0.1, 0.15) is 11.3 Å². The number of halogens is 1. The third-order valence-corrected chi connectivity index (χ3v) is 7.23. The summed E-state index contributed by atoms with van der Waals surface area (Å²) in [6, 6.07) is 12.4. The first-order valence-corrected chi connectivity index (χ1v) is 11.9. The van der Waals surface area contributed by atoms with Crippen LogP contribution in [0.5, 0.6) is 5.75 Å². The predicted molar refractivity (Wildman–Crippen MR) is 121 cm³/mol. The van der Waals surface area contributed by atoms with Crippen molar-refractivity contribution in [2.45, 2.75) is 18.0 Å². The molecule has 0 saturated carbocycles. The lowest BCUT2D eigenvalue weighted by Gasteiger charge is -2.31. The third kappa shape index (κ3) is 3.44. The van der Waals surface area contributed by atoms with Gasteiger partial charge >= 0.3 is 5.97 Å². The van der Waals surface area contributed by atoms with E-state index in [2.05, 4.69) is 21.2 Å². The van der Waals surface area contributed by atoms with Crippen LogP contribution in [0.2, 0.25) is 0 Å². The van der Waals surface area contributed by atoms with Gasteiger partial charge < -0.3 is 10.2 Å². The number of imide groups is 1. The number of carbonyl (C=O) groups is 3. The number of carboxylic acids is 1. The van der Waals surface area contributed by atoms with Crippen LogP contribution < -0.4 is 10.2 Å². The number of rotatable bonds is 6. The summed E-state index contributed by atoms with van der Waals surface area (Å²) in [6.45, 7) is 0. The van der Waals surface area contributed by atoms with Crippen molar-refractivity contribution < 1.29 is 24.6 Å². The van der Waals surface area contributed by atoms with E-state index in [-0.39, 0.29) is 12.2 Å². The van der Waals surface area contributed by atoms with Crippen LogP contribution in [-0.4, -0.2) is 45.5 Å². The minimum atomic E-state index is -1.61. The first-order chi connectivity index (χ1) is 14.8. The molecule has 4 atom stereocenters. The van der Waals surface area contributed by atoms with Gasteiger partial charge in [-0.1, -0.05) is 34.1 Å². The summed E-state index contributed by atoms with van der Waals surface area (Å²) in [5, 5.41) is 23.8. The van der Waals surface area contributed by atoms with E-state index in [9.17, 15) is 24.6 Å². The summed E-state index contributed by atoms with van der Waals surface area (Å²) in [6.07, 6.45) is 2.03. The second-order valence-corrected chi connectivity index (χ2v) is 9.59. The molecule has 0 spiro atoms. The lowest BCUT2D eigenvalue weighted by Crippen LogP contribution is -2.56. The molecule has 2 fully saturated rings. The molecule has 2 aliphatic rings. The van der Waals surface area contributed by atoms with E-state index in [0.717, 1.165) is 9.37 Å². The van der Waals surface area contributed by atoms with Gasteiger partial charge in [0.2, 0.25) is 11.8 Å². The Labute approximate surface area is 191 Å². The molecule has 31 heavy (non-hydrogen) atoms. The van der Waals surface area contributed by atoms with Crippen molar-refractivity contribution >= 4 is 51.2 Å². The summed E-state index contributed by atoms with van der Waals surface area (Å²) in [7, 11) is 0. The highest BCUT2D eigenvalue weighted by Gasteiger charge is 2.68. The second-order valence-electron chi connectivity index (χ2n) is 7.69. The topological polar surface area (TPSA) is 107 Å². The number of carboxylic acid groups (broad SMARTS) is 1. The summed E-state index contributed by atoms with van der Waals surface area (Å²) in [5.41, 5.74) is -0.811. The molecule has 0 radical (unpaired) electrons. The number of phenols is 1. The Bertz CT molecular complexity index is 1050. The number of phenolic OH excluding ortho intramolecular Hbond substituents is 1. The number of thioether (sulfide) groups is 1. The average Bonchev–Trinajstić information content (AvgIpc) is 3.22. The highest BCUT2D eigenvalue weighted by molar-refractivity contribution is 9.10. The quantitative estimate of drug-likeness (QED) is 0.518. The number of nitrogens with one attached hydrogen (secondary N) is 1. The molecule has 2 aromatic rings. The molecular formula is C22H21BrN2O5S.